The van der Waals surface area contributed by atoms with Gasteiger partial charge in [0.25, 0.3) is 0 Å². The summed E-state index contributed by atoms with van der Waals surface area (Å²) in [5, 5.41) is 0. The quantitative estimate of drug-likeness (QED) is 0.606. The Labute approximate surface area is 175 Å². The fourth-order valence-corrected chi connectivity index (χ4v) is 3.88. The van der Waals surface area contributed by atoms with E-state index in [0.29, 0.717) is 6.61 Å². The van der Waals surface area contributed by atoms with Gasteiger partial charge in [0.15, 0.2) is 23.0 Å². The molecule has 2 aliphatic heterocycles. The second kappa shape index (κ2) is 8.11. The Bertz CT molecular complexity index is 1090. The zero-order valence-electron chi connectivity index (χ0n) is 16.9. The lowest BCUT2D eigenvalue weighted by Crippen LogP contribution is -2.15. The molecule has 5 heteroatoms. The first-order chi connectivity index (χ1) is 14.8. The molecule has 2 heterocycles. The van der Waals surface area contributed by atoms with Crippen molar-refractivity contribution in [3.63, 3.8) is 0 Å². The van der Waals surface area contributed by atoms with E-state index in [1.807, 2.05) is 42.5 Å². The summed E-state index contributed by atoms with van der Waals surface area (Å²) in [7, 11) is 1.66. The topological polar surface area (TPSA) is 49.3 Å². The number of ether oxygens (including phenoxy) is 4. The summed E-state index contributed by atoms with van der Waals surface area (Å²) >= 11 is 0. The number of methoxy groups -OCH3 is 1. The fraction of sp³-hybridized carbons (Fsp3) is 0.240. The van der Waals surface area contributed by atoms with Gasteiger partial charge in [-0.05, 0) is 47.4 Å². The molecule has 0 fully saturated rings. The average molecular weight is 401 g/mol. The Balaban J connectivity index is 1.38. The largest absolute Gasteiger partial charge is 0.493 e. The van der Waals surface area contributed by atoms with Crippen LogP contribution in [-0.2, 0) is 19.4 Å². The van der Waals surface area contributed by atoms with Gasteiger partial charge in [-0.3, -0.25) is 4.99 Å². The highest BCUT2D eigenvalue weighted by Crippen LogP contribution is 2.37. The number of hydrogen-bond donors (Lipinski definition) is 0. The molecule has 0 atom stereocenters. The molecule has 2 aliphatic rings. The van der Waals surface area contributed by atoms with Crippen molar-refractivity contribution in [1.82, 2.24) is 0 Å². The van der Waals surface area contributed by atoms with Crippen LogP contribution < -0.4 is 18.9 Å². The summed E-state index contributed by atoms with van der Waals surface area (Å²) in [6.45, 7) is 1.56. The van der Waals surface area contributed by atoms with Crippen molar-refractivity contribution in [2.24, 2.45) is 4.99 Å². The summed E-state index contributed by atoms with van der Waals surface area (Å²) in [4.78, 5) is 4.81. The van der Waals surface area contributed by atoms with E-state index in [1.165, 1.54) is 5.56 Å². The van der Waals surface area contributed by atoms with Gasteiger partial charge in [-0.2, -0.15) is 0 Å². The van der Waals surface area contributed by atoms with Crippen LogP contribution in [0, 0.1) is 0 Å². The number of fused-ring (bicyclic) bond motifs is 2. The minimum atomic E-state index is 0.283. The van der Waals surface area contributed by atoms with E-state index in [-0.39, 0.29) is 6.79 Å². The highest BCUT2D eigenvalue weighted by atomic mass is 16.7. The van der Waals surface area contributed by atoms with Gasteiger partial charge in [0.1, 0.15) is 6.61 Å². The maximum Gasteiger partial charge on any atom is 0.231 e. The minimum absolute atomic E-state index is 0.283. The van der Waals surface area contributed by atoms with Gasteiger partial charge in [0, 0.05) is 24.2 Å². The van der Waals surface area contributed by atoms with E-state index in [9.17, 15) is 0 Å². The highest BCUT2D eigenvalue weighted by Gasteiger charge is 2.22. The van der Waals surface area contributed by atoms with E-state index in [0.717, 1.165) is 64.8 Å². The summed E-state index contributed by atoms with van der Waals surface area (Å²) in [5.41, 5.74) is 5.72. The summed E-state index contributed by atoms with van der Waals surface area (Å²) in [6, 6.07) is 20.3. The molecule has 3 aromatic rings. The van der Waals surface area contributed by atoms with Gasteiger partial charge < -0.3 is 18.9 Å². The smallest absolute Gasteiger partial charge is 0.231 e. The molecular formula is C25H23NO4. The molecule has 0 spiro atoms. The maximum atomic E-state index is 6.07. The van der Waals surface area contributed by atoms with Gasteiger partial charge in [-0.25, -0.2) is 0 Å². The molecule has 0 saturated carbocycles. The molecule has 30 heavy (non-hydrogen) atoms. The van der Waals surface area contributed by atoms with Crippen LogP contribution in [0.1, 0.15) is 22.3 Å². The van der Waals surface area contributed by atoms with Crippen molar-refractivity contribution < 1.29 is 18.9 Å². The molecule has 0 unspecified atom stereocenters. The predicted octanol–water partition coefficient (Wildman–Crippen LogP) is 4.59. The molecular weight excluding hydrogens is 378 g/mol. The molecule has 0 aromatic heterocycles. The van der Waals surface area contributed by atoms with E-state index < -0.39 is 0 Å². The molecule has 0 N–H and O–H groups in total. The lowest BCUT2D eigenvalue weighted by atomic mass is 9.93. The Kier molecular flexibility index (Phi) is 5.01. The van der Waals surface area contributed by atoms with Crippen molar-refractivity contribution >= 4 is 5.71 Å². The van der Waals surface area contributed by atoms with Crippen molar-refractivity contribution in [2.75, 3.05) is 20.4 Å². The zero-order valence-corrected chi connectivity index (χ0v) is 16.9. The Morgan fingerprint density at radius 3 is 2.57 bits per heavy atom. The third kappa shape index (κ3) is 3.71. The summed E-state index contributed by atoms with van der Waals surface area (Å²) < 4.78 is 22.7. The second-order valence-electron chi connectivity index (χ2n) is 7.38. The summed E-state index contributed by atoms with van der Waals surface area (Å²) in [6.07, 6.45) is 1.64. The number of benzene rings is 3. The van der Waals surface area contributed by atoms with E-state index in [1.54, 1.807) is 7.11 Å². The minimum Gasteiger partial charge on any atom is -0.493 e. The Hall–Kier alpha value is -3.47. The predicted molar refractivity (Wildman–Crippen MR) is 115 cm³/mol. The highest BCUT2D eigenvalue weighted by molar-refractivity contribution is 6.04. The maximum absolute atomic E-state index is 6.07. The number of aliphatic imine (C=N–C) groups is 1. The average Bonchev–Trinajstić information content (AvgIpc) is 3.25. The standard InChI is InChI=1S/C25H23NO4/c1-27-22-8-7-18(12-23(22)28-15-17-5-3-2-4-6-17)11-21-20-14-25-24(29-16-30-25)13-19(20)9-10-26-21/h2-8,12-14H,9-11,15-16H2,1H3. The molecule has 0 aliphatic carbocycles. The first kappa shape index (κ1) is 18.6. The van der Waals surface area contributed by atoms with Crippen LogP contribution in [0.2, 0.25) is 0 Å². The fourth-order valence-electron chi connectivity index (χ4n) is 3.88. The molecule has 0 saturated heterocycles. The molecule has 5 nitrogen and oxygen atoms in total. The van der Waals surface area contributed by atoms with Crippen molar-refractivity contribution in [1.29, 1.82) is 0 Å². The van der Waals surface area contributed by atoms with Gasteiger partial charge >= 0.3 is 0 Å². The van der Waals surface area contributed by atoms with Crippen molar-refractivity contribution in [3.05, 3.63) is 82.9 Å². The third-order valence-electron chi connectivity index (χ3n) is 5.43. The normalized spacial score (nSPS) is 14.1. The molecule has 0 amide bonds. The zero-order chi connectivity index (χ0) is 20.3. The van der Waals surface area contributed by atoms with Crippen molar-refractivity contribution in [3.8, 4) is 23.0 Å². The molecule has 5 rings (SSSR count). The van der Waals surface area contributed by atoms with E-state index in [2.05, 4.69) is 18.2 Å². The van der Waals surface area contributed by atoms with Gasteiger partial charge in [-0.1, -0.05) is 36.4 Å². The van der Waals surface area contributed by atoms with Crippen LogP contribution in [0.4, 0.5) is 0 Å². The molecule has 3 aromatic carbocycles. The van der Waals surface area contributed by atoms with E-state index in [4.69, 9.17) is 23.9 Å². The Morgan fingerprint density at radius 1 is 0.900 bits per heavy atom. The van der Waals surface area contributed by atoms with Gasteiger partial charge in [-0.15, -0.1) is 0 Å². The van der Waals surface area contributed by atoms with Crippen molar-refractivity contribution in [2.45, 2.75) is 19.4 Å². The summed E-state index contributed by atoms with van der Waals surface area (Å²) in [5.74, 6) is 3.09. The molecule has 0 radical (unpaired) electrons. The van der Waals surface area contributed by atoms with Gasteiger partial charge in [0.05, 0.1) is 7.11 Å². The van der Waals surface area contributed by atoms with E-state index >= 15 is 0 Å². The second-order valence-corrected chi connectivity index (χ2v) is 7.38. The number of hydrogen-bond acceptors (Lipinski definition) is 5. The van der Waals surface area contributed by atoms with Crippen LogP contribution in [0.3, 0.4) is 0 Å². The molecule has 0 bridgehead atoms. The molecule has 152 valence electrons. The van der Waals surface area contributed by atoms with Crippen LogP contribution in [-0.4, -0.2) is 26.2 Å². The van der Waals surface area contributed by atoms with Crippen LogP contribution in [0.5, 0.6) is 23.0 Å². The lowest BCUT2D eigenvalue weighted by Gasteiger charge is -2.18. The Morgan fingerprint density at radius 2 is 1.73 bits per heavy atom. The van der Waals surface area contributed by atoms with Crippen LogP contribution >= 0.6 is 0 Å². The SMILES string of the molecule is COc1ccc(CC2=NCCc3cc4c(cc32)OCO4)cc1OCc1ccccc1. The third-order valence-corrected chi connectivity index (χ3v) is 5.43. The number of rotatable bonds is 6. The first-order valence-corrected chi connectivity index (χ1v) is 10.1. The van der Waals surface area contributed by atoms with Crippen LogP contribution in [0.15, 0.2) is 65.7 Å². The number of nitrogens with zero attached hydrogens (tertiary/aromatic N) is 1. The first-order valence-electron chi connectivity index (χ1n) is 10.1. The van der Waals surface area contributed by atoms with Gasteiger partial charge in [0.2, 0.25) is 6.79 Å². The lowest BCUT2D eigenvalue weighted by molar-refractivity contribution is 0.174. The van der Waals surface area contributed by atoms with Crippen LogP contribution in [0.25, 0.3) is 0 Å². The monoisotopic (exact) mass is 401 g/mol.